The van der Waals surface area contributed by atoms with Gasteiger partial charge in [0.15, 0.2) is 0 Å². The van der Waals surface area contributed by atoms with Crippen molar-refractivity contribution in [3.8, 4) is 5.69 Å². The fraction of sp³-hybridized carbons (Fsp3) is 0.143. The van der Waals surface area contributed by atoms with Gasteiger partial charge < -0.3 is 14.5 Å². The largest absolute Gasteiger partial charge is 0.378 e. The summed E-state index contributed by atoms with van der Waals surface area (Å²) in [4.78, 5) is 8.17. The molecule has 0 aliphatic rings. The summed E-state index contributed by atoms with van der Waals surface area (Å²) in [5.41, 5.74) is 2.95. The average Bonchev–Trinajstić information content (AvgIpc) is 3.08. The molecule has 20 heavy (non-hydrogen) atoms. The van der Waals surface area contributed by atoms with Gasteiger partial charge in [-0.3, -0.25) is 0 Å². The van der Waals surface area contributed by atoms with Gasteiger partial charge in [-0.2, -0.15) is 0 Å². The maximum atomic E-state index is 6.31. The molecule has 0 atom stereocenters. The molecule has 0 aliphatic carbocycles. The molecular weight excluding hydrogens is 274 g/mol. The van der Waals surface area contributed by atoms with Gasteiger partial charge in [0, 0.05) is 25.6 Å². The summed E-state index contributed by atoms with van der Waals surface area (Å²) in [5.74, 6) is 0. The first-order chi connectivity index (χ1) is 9.75. The summed E-state index contributed by atoms with van der Waals surface area (Å²) < 4.78 is 3.88. The second-order valence-electron chi connectivity index (χ2n) is 4.46. The third-order valence-electron chi connectivity index (χ3n) is 3.13. The SMILES string of the molecule is Cn1cncc1CNc1cccc(Cl)c1-n1ccnc1. The Hall–Kier alpha value is -2.27. The van der Waals surface area contributed by atoms with E-state index in [1.165, 1.54) is 0 Å². The maximum absolute atomic E-state index is 6.31. The number of rotatable bonds is 4. The van der Waals surface area contributed by atoms with Crippen molar-refractivity contribution in [2.75, 3.05) is 5.32 Å². The lowest BCUT2D eigenvalue weighted by molar-refractivity contribution is 0.837. The van der Waals surface area contributed by atoms with Crippen LogP contribution in [0.3, 0.4) is 0 Å². The molecule has 3 rings (SSSR count). The quantitative estimate of drug-likeness (QED) is 0.803. The predicted octanol–water partition coefficient (Wildman–Crippen LogP) is 2.87. The highest BCUT2D eigenvalue weighted by molar-refractivity contribution is 6.33. The van der Waals surface area contributed by atoms with Crippen LogP contribution in [0.15, 0.2) is 49.4 Å². The zero-order chi connectivity index (χ0) is 13.9. The van der Waals surface area contributed by atoms with Crippen LogP contribution < -0.4 is 5.32 Å². The van der Waals surface area contributed by atoms with E-state index in [9.17, 15) is 0 Å². The van der Waals surface area contributed by atoms with Crippen molar-refractivity contribution < 1.29 is 0 Å². The number of imidazole rings is 2. The Labute approximate surface area is 121 Å². The highest BCUT2D eigenvalue weighted by Crippen LogP contribution is 2.28. The van der Waals surface area contributed by atoms with E-state index in [2.05, 4.69) is 15.3 Å². The Bertz CT molecular complexity index is 702. The third-order valence-corrected chi connectivity index (χ3v) is 3.43. The van der Waals surface area contributed by atoms with Crippen molar-refractivity contribution in [3.63, 3.8) is 0 Å². The first-order valence-electron chi connectivity index (χ1n) is 6.21. The fourth-order valence-corrected chi connectivity index (χ4v) is 2.32. The molecule has 102 valence electrons. The Morgan fingerprint density at radius 2 is 2.15 bits per heavy atom. The first kappa shape index (κ1) is 12.7. The molecule has 6 heteroatoms. The van der Waals surface area contributed by atoms with Crippen molar-refractivity contribution in [1.29, 1.82) is 0 Å². The van der Waals surface area contributed by atoms with Crippen LogP contribution in [-0.4, -0.2) is 19.1 Å². The summed E-state index contributed by atoms with van der Waals surface area (Å²) in [6, 6.07) is 5.79. The van der Waals surface area contributed by atoms with E-state index in [-0.39, 0.29) is 0 Å². The second kappa shape index (κ2) is 5.38. The lowest BCUT2D eigenvalue weighted by Gasteiger charge is -2.14. The number of hydrogen-bond donors (Lipinski definition) is 1. The molecule has 1 aromatic carbocycles. The number of anilines is 1. The Kier molecular flexibility index (Phi) is 3.43. The normalized spacial score (nSPS) is 10.7. The van der Waals surface area contributed by atoms with E-state index in [0.29, 0.717) is 11.6 Å². The first-order valence-corrected chi connectivity index (χ1v) is 6.59. The summed E-state index contributed by atoms with van der Waals surface area (Å²) in [6.45, 7) is 0.679. The van der Waals surface area contributed by atoms with Crippen LogP contribution in [0.2, 0.25) is 5.02 Å². The molecule has 0 saturated carbocycles. The average molecular weight is 288 g/mol. The van der Waals surface area contributed by atoms with Gasteiger partial charge in [-0.1, -0.05) is 17.7 Å². The van der Waals surface area contributed by atoms with Crippen LogP contribution in [-0.2, 0) is 13.6 Å². The van der Waals surface area contributed by atoms with Crippen LogP contribution in [0, 0.1) is 0 Å². The number of benzene rings is 1. The molecule has 0 bridgehead atoms. The monoisotopic (exact) mass is 287 g/mol. The van der Waals surface area contributed by atoms with Crippen molar-refractivity contribution in [3.05, 3.63) is 60.2 Å². The van der Waals surface area contributed by atoms with Crippen molar-refractivity contribution in [1.82, 2.24) is 19.1 Å². The minimum Gasteiger partial charge on any atom is -0.378 e. The standard InChI is InChI=1S/C14H14ClN5/c1-19-9-17-7-11(19)8-18-13-4-2-3-12(15)14(13)20-6-5-16-10-20/h2-7,9-10,18H,8H2,1H3. The van der Waals surface area contributed by atoms with Crippen molar-refractivity contribution in [2.45, 2.75) is 6.54 Å². The molecule has 0 amide bonds. The number of aryl methyl sites for hydroxylation is 1. The highest BCUT2D eigenvalue weighted by Gasteiger charge is 2.09. The molecule has 2 aromatic heterocycles. The lowest BCUT2D eigenvalue weighted by Crippen LogP contribution is -2.07. The summed E-state index contributed by atoms with van der Waals surface area (Å²) >= 11 is 6.31. The van der Waals surface area contributed by atoms with Crippen LogP contribution in [0.4, 0.5) is 5.69 Å². The molecule has 1 N–H and O–H groups in total. The van der Waals surface area contributed by atoms with Crippen LogP contribution in [0.1, 0.15) is 5.69 Å². The summed E-state index contributed by atoms with van der Waals surface area (Å²) in [5, 5.41) is 4.07. The number of para-hydroxylation sites is 1. The van der Waals surface area contributed by atoms with E-state index >= 15 is 0 Å². The van der Waals surface area contributed by atoms with Crippen LogP contribution in [0.5, 0.6) is 0 Å². The van der Waals surface area contributed by atoms with Gasteiger partial charge >= 0.3 is 0 Å². The molecule has 5 nitrogen and oxygen atoms in total. The van der Waals surface area contributed by atoms with Crippen LogP contribution >= 0.6 is 11.6 Å². The van der Waals surface area contributed by atoms with Crippen molar-refractivity contribution in [2.24, 2.45) is 7.05 Å². The van der Waals surface area contributed by atoms with Gasteiger partial charge in [-0.05, 0) is 12.1 Å². The number of aromatic nitrogens is 4. The highest BCUT2D eigenvalue weighted by atomic mass is 35.5. The molecule has 0 spiro atoms. The summed E-state index contributed by atoms with van der Waals surface area (Å²) in [6.07, 6.45) is 8.96. The van der Waals surface area contributed by atoms with Gasteiger partial charge in [0.2, 0.25) is 0 Å². The van der Waals surface area contributed by atoms with Gasteiger partial charge in [0.05, 0.1) is 41.3 Å². The topological polar surface area (TPSA) is 47.7 Å². The van der Waals surface area contributed by atoms with Gasteiger partial charge in [-0.25, -0.2) is 9.97 Å². The Morgan fingerprint density at radius 1 is 1.25 bits per heavy atom. The maximum Gasteiger partial charge on any atom is 0.0992 e. The zero-order valence-corrected chi connectivity index (χ0v) is 11.7. The molecule has 0 radical (unpaired) electrons. The molecular formula is C14H14ClN5. The Balaban J connectivity index is 1.90. The second-order valence-corrected chi connectivity index (χ2v) is 4.86. The molecule has 0 fully saturated rings. The molecule has 0 saturated heterocycles. The molecule has 3 aromatic rings. The van der Waals surface area contributed by atoms with E-state index < -0.39 is 0 Å². The summed E-state index contributed by atoms with van der Waals surface area (Å²) in [7, 11) is 1.97. The zero-order valence-electron chi connectivity index (χ0n) is 11.0. The van der Waals surface area contributed by atoms with Gasteiger partial charge in [0.1, 0.15) is 0 Å². The fourth-order valence-electron chi connectivity index (χ4n) is 2.05. The van der Waals surface area contributed by atoms with Crippen LogP contribution in [0.25, 0.3) is 5.69 Å². The molecule has 2 heterocycles. The third kappa shape index (κ3) is 2.40. The van der Waals surface area contributed by atoms with Crippen molar-refractivity contribution >= 4 is 17.3 Å². The number of hydrogen-bond acceptors (Lipinski definition) is 3. The van der Waals surface area contributed by atoms with E-state index in [0.717, 1.165) is 17.1 Å². The molecule has 0 aliphatic heterocycles. The van der Waals surface area contributed by atoms with E-state index in [1.807, 2.05) is 46.8 Å². The number of nitrogens with zero attached hydrogens (tertiary/aromatic N) is 4. The van der Waals surface area contributed by atoms with E-state index in [4.69, 9.17) is 11.6 Å². The van der Waals surface area contributed by atoms with E-state index in [1.54, 1.807) is 18.9 Å². The lowest BCUT2D eigenvalue weighted by atomic mass is 10.2. The van der Waals surface area contributed by atoms with Gasteiger partial charge in [-0.15, -0.1) is 0 Å². The number of halogens is 1. The predicted molar refractivity (Wildman–Crippen MR) is 79.1 cm³/mol. The smallest absolute Gasteiger partial charge is 0.0992 e. The number of nitrogens with one attached hydrogen (secondary N) is 1. The minimum atomic E-state index is 0.679. The Morgan fingerprint density at radius 3 is 2.85 bits per heavy atom. The van der Waals surface area contributed by atoms with Gasteiger partial charge in [0.25, 0.3) is 0 Å². The molecule has 0 unspecified atom stereocenters. The minimum absolute atomic E-state index is 0.679.